The Hall–Kier alpha value is 0.603. The van der Waals surface area contributed by atoms with Gasteiger partial charge in [0, 0.05) is 0 Å². The van der Waals surface area contributed by atoms with E-state index in [9.17, 15) is 4.89 Å². The predicted molar refractivity (Wildman–Crippen MR) is 123 cm³/mol. The van der Waals surface area contributed by atoms with E-state index >= 15 is 0 Å². The van der Waals surface area contributed by atoms with Gasteiger partial charge < -0.3 is 21.7 Å². The van der Waals surface area contributed by atoms with Crippen LogP contribution >= 0.6 is 5.69 Å². The average Bonchev–Trinajstić information content (AvgIpc) is 2.61. The summed E-state index contributed by atoms with van der Waals surface area (Å²) >= 11 is 9.70. The summed E-state index contributed by atoms with van der Waals surface area (Å²) in [4.78, 5) is 11.9. The zero-order valence-electron chi connectivity index (χ0n) is 17.9. The minimum Gasteiger partial charge on any atom is -0.809 e. The van der Waals surface area contributed by atoms with Crippen molar-refractivity contribution in [2.24, 2.45) is 0 Å². The molecular formula is C22H37O2PS2Zn. The van der Waals surface area contributed by atoms with Crippen LogP contribution in [0.25, 0.3) is 0 Å². The van der Waals surface area contributed by atoms with Crippen LogP contribution in [0.2, 0.25) is 0 Å². The first-order valence-electron chi connectivity index (χ1n) is 10.8. The predicted octanol–water partition coefficient (Wildman–Crippen LogP) is 7.00. The van der Waals surface area contributed by atoms with Crippen molar-refractivity contribution in [1.82, 2.24) is 0 Å². The smallest absolute Gasteiger partial charge is 0.809 e. The molecule has 0 N–H and O–H groups in total. The quantitative estimate of drug-likeness (QED) is 0.107. The van der Waals surface area contributed by atoms with E-state index in [-0.39, 0.29) is 19.5 Å². The third kappa shape index (κ3) is 13.8. The molecule has 0 bridgehead atoms. The standard InChI is InChI=1S/C22H39O2PS2.Zn/c1-3-5-7-9-11-13-16-20-17-15-19-22(24-25(23,26)27)21(20)18-14-12-10-8-6-4-2;/h15,17,19H,3-14,16,18H2,1-2H3,(H2,23,26,27);/q;+2/p-2. The van der Waals surface area contributed by atoms with Crippen molar-refractivity contribution < 1.29 is 28.9 Å². The molecule has 0 aromatic heterocycles. The molecule has 0 spiro atoms. The second-order valence-electron chi connectivity index (χ2n) is 7.47. The van der Waals surface area contributed by atoms with Crippen LogP contribution < -0.4 is 9.42 Å². The van der Waals surface area contributed by atoms with Crippen LogP contribution in [0.4, 0.5) is 0 Å². The van der Waals surface area contributed by atoms with Crippen molar-refractivity contribution in [1.29, 1.82) is 0 Å². The van der Waals surface area contributed by atoms with Gasteiger partial charge in [-0.05, 0) is 42.9 Å². The van der Waals surface area contributed by atoms with Crippen LogP contribution in [0.5, 0.6) is 5.75 Å². The Bertz CT molecular complexity index is 563. The normalized spacial score (nSPS) is 13.0. The van der Waals surface area contributed by atoms with E-state index < -0.39 is 5.69 Å². The van der Waals surface area contributed by atoms with Gasteiger partial charge in [-0.3, -0.25) is 0 Å². The molecule has 0 heterocycles. The van der Waals surface area contributed by atoms with Gasteiger partial charge in [0.05, 0.1) is 0 Å². The summed E-state index contributed by atoms with van der Waals surface area (Å²) in [6.07, 6.45) is 17.3. The summed E-state index contributed by atoms with van der Waals surface area (Å²) in [6, 6.07) is 6.04. The molecule has 0 radical (unpaired) electrons. The van der Waals surface area contributed by atoms with Crippen LogP contribution in [0.1, 0.15) is 102 Å². The zero-order valence-corrected chi connectivity index (χ0v) is 23.4. The molecule has 1 atom stereocenters. The van der Waals surface area contributed by atoms with Gasteiger partial charge in [-0.2, -0.15) is 0 Å². The van der Waals surface area contributed by atoms with E-state index in [1.807, 2.05) is 12.1 Å². The van der Waals surface area contributed by atoms with Gasteiger partial charge in [0.25, 0.3) is 0 Å². The molecule has 1 aromatic carbocycles. The summed E-state index contributed by atoms with van der Waals surface area (Å²) in [6.45, 7) is 4.49. The van der Waals surface area contributed by atoms with E-state index in [0.29, 0.717) is 5.75 Å². The maximum Gasteiger partial charge on any atom is 2.00 e. The fourth-order valence-electron chi connectivity index (χ4n) is 3.51. The maximum absolute atomic E-state index is 11.9. The zero-order chi connectivity index (χ0) is 20.0. The molecule has 0 amide bonds. The number of hydrogen-bond acceptors (Lipinski definition) is 4. The number of rotatable bonds is 16. The van der Waals surface area contributed by atoms with Crippen LogP contribution in [0.3, 0.4) is 0 Å². The van der Waals surface area contributed by atoms with Gasteiger partial charge in [-0.1, -0.05) is 108 Å². The second kappa shape index (κ2) is 17.3. The van der Waals surface area contributed by atoms with E-state index in [1.54, 1.807) is 0 Å². The van der Waals surface area contributed by atoms with Gasteiger partial charge in [-0.15, -0.1) is 0 Å². The van der Waals surface area contributed by atoms with Gasteiger partial charge in [0.1, 0.15) is 5.75 Å². The van der Waals surface area contributed by atoms with E-state index in [2.05, 4.69) is 19.9 Å². The molecule has 0 aliphatic rings. The molecule has 1 rings (SSSR count). The molecule has 1 unspecified atom stereocenters. The second-order valence-corrected chi connectivity index (χ2v) is 12.1. The number of unbranched alkanes of at least 4 members (excludes halogenated alkanes) is 10. The van der Waals surface area contributed by atoms with E-state index in [4.69, 9.17) is 28.6 Å². The molecule has 0 saturated carbocycles. The summed E-state index contributed by atoms with van der Waals surface area (Å²) < 4.78 is 5.51. The molecule has 6 heteroatoms. The maximum atomic E-state index is 11.9. The molecule has 1 aromatic rings. The number of benzene rings is 1. The third-order valence-corrected chi connectivity index (χ3v) is 5.89. The van der Waals surface area contributed by atoms with E-state index in [1.165, 1.54) is 81.8 Å². The van der Waals surface area contributed by atoms with Crippen molar-refractivity contribution in [2.45, 2.75) is 104 Å². The molecular weight excluding hydrogens is 457 g/mol. The Morgan fingerprint density at radius 2 is 1.36 bits per heavy atom. The van der Waals surface area contributed by atoms with Gasteiger partial charge >= 0.3 is 19.5 Å². The first-order chi connectivity index (χ1) is 13.0. The third-order valence-electron chi connectivity index (χ3n) is 5.02. The first-order valence-corrected chi connectivity index (χ1v) is 14.5. The van der Waals surface area contributed by atoms with Crippen molar-refractivity contribution >= 4 is 29.7 Å². The topological polar surface area (TPSA) is 32.3 Å². The minimum absolute atomic E-state index is 0. The largest absolute Gasteiger partial charge is 2.00 e. The van der Waals surface area contributed by atoms with Crippen molar-refractivity contribution in [2.75, 3.05) is 0 Å². The molecule has 0 saturated heterocycles. The van der Waals surface area contributed by atoms with Crippen LogP contribution in [-0.4, -0.2) is 0 Å². The Morgan fingerprint density at radius 1 is 0.857 bits per heavy atom. The van der Waals surface area contributed by atoms with Crippen LogP contribution in [0.15, 0.2) is 18.2 Å². The van der Waals surface area contributed by atoms with Crippen LogP contribution in [-0.2, 0) is 56.4 Å². The molecule has 156 valence electrons. The number of aryl methyl sites for hydroxylation is 1. The minimum atomic E-state index is -3.37. The van der Waals surface area contributed by atoms with Crippen molar-refractivity contribution in [3.8, 4) is 5.75 Å². The van der Waals surface area contributed by atoms with Crippen molar-refractivity contribution in [3.63, 3.8) is 0 Å². The molecule has 28 heavy (non-hydrogen) atoms. The van der Waals surface area contributed by atoms with Crippen LogP contribution in [0, 0.1) is 0 Å². The fourth-order valence-corrected chi connectivity index (χ4v) is 4.41. The summed E-state index contributed by atoms with van der Waals surface area (Å²) in [5.41, 5.74) is -0.874. The van der Waals surface area contributed by atoms with Gasteiger partial charge in [0.15, 0.2) is 0 Å². The molecule has 2 nitrogen and oxygen atoms in total. The van der Waals surface area contributed by atoms with E-state index in [0.717, 1.165) is 19.3 Å². The SMILES string of the molecule is CCCCCCCCc1cccc(OP([O-])(=S)[S-])c1CCCCCCCC.[Zn+2]. The Labute approximate surface area is 196 Å². The molecule has 0 fully saturated rings. The molecule has 0 aliphatic heterocycles. The Kier molecular flexibility index (Phi) is 17.7. The summed E-state index contributed by atoms with van der Waals surface area (Å²) in [5.74, 6) is 0.653. The van der Waals surface area contributed by atoms with Gasteiger partial charge in [-0.25, -0.2) is 0 Å². The average molecular weight is 494 g/mol. The molecule has 0 aliphatic carbocycles. The number of hydrogen-bond donors (Lipinski definition) is 0. The van der Waals surface area contributed by atoms with Gasteiger partial charge in [0.2, 0.25) is 0 Å². The Morgan fingerprint density at radius 3 is 1.89 bits per heavy atom. The fraction of sp³-hybridized carbons (Fsp3) is 0.727. The first kappa shape index (κ1) is 28.6. The van der Waals surface area contributed by atoms with Crippen molar-refractivity contribution in [3.05, 3.63) is 29.3 Å². The Balaban J connectivity index is 0.00000729. The summed E-state index contributed by atoms with van der Waals surface area (Å²) in [7, 11) is 0. The monoisotopic (exact) mass is 492 g/mol. The summed E-state index contributed by atoms with van der Waals surface area (Å²) in [5, 5.41) is 0.